The lowest BCUT2D eigenvalue weighted by molar-refractivity contribution is 0.242. The first-order valence-corrected chi connectivity index (χ1v) is 5.71. The molecule has 1 fully saturated rings. The van der Waals surface area contributed by atoms with E-state index in [9.17, 15) is 0 Å². The first-order valence-electron chi connectivity index (χ1n) is 5.33. The van der Waals surface area contributed by atoms with Gasteiger partial charge in [-0.05, 0) is 31.5 Å². The maximum atomic E-state index is 6.15. The summed E-state index contributed by atoms with van der Waals surface area (Å²) in [5.74, 6) is 1.40. The molecular weight excluding hydrogens is 210 g/mol. The molecule has 0 unspecified atom stereocenters. The summed E-state index contributed by atoms with van der Waals surface area (Å²) in [6.45, 7) is 6.11. The van der Waals surface area contributed by atoms with Crippen LogP contribution in [-0.4, -0.2) is 19.2 Å². The molecule has 2 nitrogen and oxygen atoms in total. The van der Waals surface area contributed by atoms with Crippen LogP contribution in [0.3, 0.4) is 0 Å². The molecule has 0 aliphatic carbocycles. The Bertz CT molecular complexity index is 347. The van der Waals surface area contributed by atoms with Gasteiger partial charge in [0.2, 0.25) is 0 Å². The predicted octanol–water partition coefficient (Wildman–Crippen LogP) is 2.81. The second-order valence-electron chi connectivity index (χ2n) is 4.21. The van der Waals surface area contributed by atoms with Crippen molar-refractivity contribution in [1.29, 1.82) is 0 Å². The van der Waals surface area contributed by atoms with Crippen molar-refractivity contribution in [2.75, 3.05) is 13.1 Å². The standard InChI is InChI=1S/C12H16ClNO/c1-8(2)15-12-4-3-9(5-11(12)13)10-6-14-7-10/h3-5,8,10,14H,6-7H2,1-2H3. The number of rotatable bonds is 3. The van der Waals surface area contributed by atoms with Crippen LogP contribution in [0, 0.1) is 0 Å². The van der Waals surface area contributed by atoms with Gasteiger partial charge in [0.1, 0.15) is 5.75 Å². The summed E-state index contributed by atoms with van der Waals surface area (Å²) in [6, 6.07) is 6.09. The lowest BCUT2D eigenvalue weighted by Gasteiger charge is -2.27. The largest absolute Gasteiger partial charge is 0.489 e. The molecule has 0 atom stereocenters. The van der Waals surface area contributed by atoms with Gasteiger partial charge in [0, 0.05) is 19.0 Å². The molecule has 1 aliphatic heterocycles. The van der Waals surface area contributed by atoms with Gasteiger partial charge in [0.15, 0.2) is 0 Å². The third-order valence-electron chi connectivity index (χ3n) is 2.57. The van der Waals surface area contributed by atoms with Crippen LogP contribution >= 0.6 is 11.6 Å². The van der Waals surface area contributed by atoms with E-state index >= 15 is 0 Å². The highest BCUT2D eigenvalue weighted by molar-refractivity contribution is 6.32. The van der Waals surface area contributed by atoms with Gasteiger partial charge in [-0.25, -0.2) is 0 Å². The molecule has 1 aliphatic rings. The number of ether oxygens (including phenoxy) is 1. The minimum Gasteiger partial charge on any atom is -0.489 e. The van der Waals surface area contributed by atoms with E-state index in [4.69, 9.17) is 16.3 Å². The fraction of sp³-hybridized carbons (Fsp3) is 0.500. The van der Waals surface area contributed by atoms with E-state index in [2.05, 4.69) is 11.4 Å². The Morgan fingerprint density at radius 2 is 2.13 bits per heavy atom. The lowest BCUT2D eigenvalue weighted by Crippen LogP contribution is -2.39. The van der Waals surface area contributed by atoms with Gasteiger partial charge >= 0.3 is 0 Å². The average molecular weight is 226 g/mol. The van der Waals surface area contributed by atoms with Crippen LogP contribution in [0.2, 0.25) is 5.02 Å². The van der Waals surface area contributed by atoms with Crippen molar-refractivity contribution in [2.45, 2.75) is 25.9 Å². The number of hydrogen-bond acceptors (Lipinski definition) is 2. The zero-order valence-electron chi connectivity index (χ0n) is 9.09. The van der Waals surface area contributed by atoms with Gasteiger partial charge in [0.25, 0.3) is 0 Å². The molecule has 1 saturated heterocycles. The van der Waals surface area contributed by atoms with Crippen molar-refractivity contribution in [2.24, 2.45) is 0 Å². The van der Waals surface area contributed by atoms with Crippen molar-refractivity contribution >= 4 is 11.6 Å². The van der Waals surface area contributed by atoms with Gasteiger partial charge < -0.3 is 10.1 Å². The molecule has 1 aromatic rings. The fourth-order valence-corrected chi connectivity index (χ4v) is 1.88. The number of nitrogens with one attached hydrogen (secondary N) is 1. The van der Waals surface area contributed by atoms with Gasteiger partial charge in [-0.2, -0.15) is 0 Å². The molecule has 3 heteroatoms. The molecule has 82 valence electrons. The second kappa shape index (κ2) is 4.42. The first-order chi connectivity index (χ1) is 7.16. The summed E-state index contributed by atoms with van der Waals surface area (Å²) in [6.07, 6.45) is 0.165. The Kier molecular flexibility index (Phi) is 3.17. The third-order valence-corrected chi connectivity index (χ3v) is 2.87. The van der Waals surface area contributed by atoms with Gasteiger partial charge in [-0.15, -0.1) is 0 Å². The Morgan fingerprint density at radius 3 is 2.60 bits per heavy atom. The molecule has 1 heterocycles. The third kappa shape index (κ3) is 2.44. The minimum absolute atomic E-state index is 0.165. The Morgan fingerprint density at radius 1 is 1.40 bits per heavy atom. The Labute approximate surface area is 95.6 Å². The van der Waals surface area contributed by atoms with Crippen LogP contribution in [0.1, 0.15) is 25.3 Å². The molecule has 2 rings (SSSR count). The van der Waals surface area contributed by atoms with Crippen LogP contribution in [0.25, 0.3) is 0 Å². The highest BCUT2D eigenvalue weighted by Gasteiger charge is 2.19. The first kappa shape index (κ1) is 10.8. The number of halogens is 1. The van der Waals surface area contributed by atoms with Crippen molar-refractivity contribution in [1.82, 2.24) is 5.32 Å². The van der Waals surface area contributed by atoms with Gasteiger partial charge in [-0.1, -0.05) is 17.7 Å². The molecule has 0 amide bonds. The Hall–Kier alpha value is -0.730. The molecule has 0 bridgehead atoms. The quantitative estimate of drug-likeness (QED) is 0.854. The van der Waals surface area contributed by atoms with Crippen LogP contribution in [0.5, 0.6) is 5.75 Å². The summed E-state index contributed by atoms with van der Waals surface area (Å²) in [5, 5.41) is 3.97. The molecule has 1 aromatic carbocycles. The zero-order valence-corrected chi connectivity index (χ0v) is 9.84. The van der Waals surface area contributed by atoms with Crippen molar-refractivity contribution < 1.29 is 4.74 Å². The van der Waals surface area contributed by atoms with Crippen molar-refractivity contribution in [3.05, 3.63) is 28.8 Å². The molecule has 0 aromatic heterocycles. The highest BCUT2D eigenvalue weighted by atomic mass is 35.5. The van der Waals surface area contributed by atoms with Crippen LogP contribution < -0.4 is 10.1 Å². The van der Waals surface area contributed by atoms with E-state index < -0.39 is 0 Å². The summed E-state index contributed by atoms with van der Waals surface area (Å²) in [7, 11) is 0. The summed E-state index contributed by atoms with van der Waals surface area (Å²) < 4.78 is 5.58. The van der Waals surface area contributed by atoms with Crippen molar-refractivity contribution in [3.63, 3.8) is 0 Å². The summed E-state index contributed by atoms with van der Waals surface area (Å²) >= 11 is 6.15. The topological polar surface area (TPSA) is 21.3 Å². The van der Waals surface area contributed by atoms with Crippen LogP contribution in [0.4, 0.5) is 0 Å². The maximum Gasteiger partial charge on any atom is 0.138 e. The number of benzene rings is 1. The number of hydrogen-bond donors (Lipinski definition) is 1. The average Bonchev–Trinajstić information content (AvgIpc) is 2.06. The predicted molar refractivity (Wildman–Crippen MR) is 62.8 cm³/mol. The van der Waals surface area contributed by atoms with Crippen molar-refractivity contribution in [3.8, 4) is 5.75 Å². The molecular formula is C12H16ClNO. The second-order valence-corrected chi connectivity index (χ2v) is 4.62. The van der Waals surface area contributed by atoms with E-state index in [1.807, 2.05) is 26.0 Å². The summed E-state index contributed by atoms with van der Waals surface area (Å²) in [5.41, 5.74) is 1.30. The molecule has 0 saturated carbocycles. The molecule has 0 spiro atoms. The smallest absolute Gasteiger partial charge is 0.138 e. The van der Waals surface area contributed by atoms with Crippen LogP contribution in [-0.2, 0) is 0 Å². The van der Waals surface area contributed by atoms with E-state index in [1.165, 1.54) is 5.56 Å². The SMILES string of the molecule is CC(C)Oc1ccc(C2CNC2)cc1Cl. The lowest BCUT2D eigenvalue weighted by atomic mass is 9.94. The molecule has 1 N–H and O–H groups in total. The zero-order chi connectivity index (χ0) is 10.8. The normalized spacial score (nSPS) is 16.5. The minimum atomic E-state index is 0.165. The van der Waals surface area contributed by atoms with Crippen LogP contribution in [0.15, 0.2) is 18.2 Å². The van der Waals surface area contributed by atoms with E-state index in [0.717, 1.165) is 18.8 Å². The fourth-order valence-electron chi connectivity index (χ4n) is 1.64. The maximum absolute atomic E-state index is 6.15. The monoisotopic (exact) mass is 225 g/mol. The Balaban J connectivity index is 2.14. The highest BCUT2D eigenvalue weighted by Crippen LogP contribution is 2.30. The van der Waals surface area contributed by atoms with Gasteiger partial charge in [-0.3, -0.25) is 0 Å². The van der Waals surface area contributed by atoms with E-state index in [1.54, 1.807) is 0 Å². The molecule has 0 radical (unpaired) electrons. The summed E-state index contributed by atoms with van der Waals surface area (Å²) in [4.78, 5) is 0. The van der Waals surface area contributed by atoms with Gasteiger partial charge in [0.05, 0.1) is 11.1 Å². The molecule has 15 heavy (non-hydrogen) atoms. The van der Waals surface area contributed by atoms with E-state index in [-0.39, 0.29) is 6.10 Å². The van der Waals surface area contributed by atoms with E-state index in [0.29, 0.717) is 10.9 Å².